The number of carboxylic acid groups (broad SMARTS) is 1. The van der Waals surface area contributed by atoms with Gasteiger partial charge in [-0.25, -0.2) is 14.6 Å². The van der Waals surface area contributed by atoms with Crippen molar-refractivity contribution in [1.29, 1.82) is 0 Å². The molecule has 1 amide bonds. The zero-order chi connectivity index (χ0) is 17.0. The van der Waals surface area contributed by atoms with Gasteiger partial charge in [0.1, 0.15) is 17.2 Å². The summed E-state index contributed by atoms with van der Waals surface area (Å²) < 4.78 is 10.5. The van der Waals surface area contributed by atoms with E-state index < -0.39 is 23.7 Å². The quantitative estimate of drug-likeness (QED) is 0.797. The molecule has 23 heavy (non-hydrogen) atoms. The standard InChI is InChI=1S/C14H17N3O5S/c1-14(2,3)22-12(20)16-9(11(18)19)7-23-13-17-8-4-5-15-6-10(8)21-13/h4-6,9H,7H2,1-3H3,(H,16,20)(H,18,19). The molecule has 124 valence electrons. The van der Waals surface area contributed by atoms with E-state index in [0.717, 1.165) is 11.8 Å². The molecule has 0 saturated heterocycles. The lowest BCUT2D eigenvalue weighted by molar-refractivity contribution is -0.138. The van der Waals surface area contributed by atoms with E-state index in [1.54, 1.807) is 33.0 Å². The van der Waals surface area contributed by atoms with Crippen molar-refractivity contribution in [3.05, 3.63) is 18.5 Å². The Morgan fingerprint density at radius 3 is 2.83 bits per heavy atom. The number of ether oxygens (including phenoxy) is 1. The van der Waals surface area contributed by atoms with E-state index in [2.05, 4.69) is 15.3 Å². The first-order valence-corrected chi connectivity index (χ1v) is 7.79. The summed E-state index contributed by atoms with van der Waals surface area (Å²) in [5, 5.41) is 11.8. The summed E-state index contributed by atoms with van der Waals surface area (Å²) in [6.07, 6.45) is 2.33. The molecule has 2 heterocycles. The Balaban J connectivity index is 1.96. The predicted molar refractivity (Wildman–Crippen MR) is 83.3 cm³/mol. The lowest BCUT2D eigenvalue weighted by Gasteiger charge is -2.21. The van der Waals surface area contributed by atoms with Crippen LogP contribution in [0.4, 0.5) is 4.79 Å². The van der Waals surface area contributed by atoms with E-state index in [9.17, 15) is 14.7 Å². The third-order valence-corrected chi connectivity index (χ3v) is 3.46. The van der Waals surface area contributed by atoms with Crippen LogP contribution in [0.25, 0.3) is 11.1 Å². The van der Waals surface area contributed by atoms with E-state index in [1.807, 2.05) is 0 Å². The first-order chi connectivity index (χ1) is 10.7. The van der Waals surface area contributed by atoms with Gasteiger partial charge in [0.2, 0.25) is 0 Å². The number of carbonyl (C=O) groups is 2. The molecule has 2 N–H and O–H groups in total. The van der Waals surface area contributed by atoms with Crippen molar-refractivity contribution in [3.63, 3.8) is 0 Å². The fraction of sp³-hybridized carbons (Fsp3) is 0.429. The zero-order valence-corrected chi connectivity index (χ0v) is 13.7. The Hall–Kier alpha value is -2.29. The number of nitrogens with zero attached hydrogens (tertiary/aromatic N) is 2. The molecular weight excluding hydrogens is 322 g/mol. The number of carbonyl (C=O) groups excluding carboxylic acids is 1. The Morgan fingerprint density at radius 2 is 2.22 bits per heavy atom. The van der Waals surface area contributed by atoms with Gasteiger partial charge in [-0.1, -0.05) is 11.8 Å². The summed E-state index contributed by atoms with van der Waals surface area (Å²) in [7, 11) is 0. The SMILES string of the molecule is CC(C)(C)OC(=O)NC(CSc1nc2ccncc2o1)C(=O)O. The van der Waals surface area contributed by atoms with Crippen LogP contribution < -0.4 is 5.32 Å². The van der Waals surface area contributed by atoms with E-state index in [-0.39, 0.29) is 5.75 Å². The van der Waals surface area contributed by atoms with Crippen LogP contribution in [0.15, 0.2) is 28.1 Å². The van der Waals surface area contributed by atoms with E-state index in [0.29, 0.717) is 16.3 Å². The van der Waals surface area contributed by atoms with Crippen molar-refractivity contribution >= 4 is 34.9 Å². The number of nitrogens with one attached hydrogen (secondary N) is 1. The molecule has 0 aliphatic carbocycles. The van der Waals surface area contributed by atoms with Crippen molar-refractivity contribution in [2.75, 3.05) is 5.75 Å². The highest BCUT2D eigenvalue weighted by Gasteiger charge is 2.24. The average molecular weight is 339 g/mol. The molecule has 1 unspecified atom stereocenters. The van der Waals surface area contributed by atoms with Crippen LogP contribution in [0.5, 0.6) is 0 Å². The monoisotopic (exact) mass is 339 g/mol. The molecule has 8 nitrogen and oxygen atoms in total. The largest absolute Gasteiger partial charge is 0.480 e. The molecule has 9 heteroatoms. The highest BCUT2D eigenvalue weighted by Crippen LogP contribution is 2.23. The molecule has 2 rings (SSSR count). The highest BCUT2D eigenvalue weighted by molar-refractivity contribution is 7.99. The number of hydrogen-bond donors (Lipinski definition) is 2. The number of oxazole rings is 1. The van der Waals surface area contributed by atoms with Crippen molar-refractivity contribution < 1.29 is 23.8 Å². The number of aromatic nitrogens is 2. The first kappa shape index (κ1) is 17.1. The molecule has 2 aromatic heterocycles. The fourth-order valence-corrected chi connectivity index (χ4v) is 2.45. The van der Waals surface area contributed by atoms with Gasteiger partial charge in [0.25, 0.3) is 5.22 Å². The number of amides is 1. The van der Waals surface area contributed by atoms with Crippen molar-refractivity contribution in [2.45, 2.75) is 37.6 Å². The number of thioether (sulfide) groups is 1. The molecule has 1 atom stereocenters. The van der Waals surface area contributed by atoms with E-state index in [4.69, 9.17) is 9.15 Å². The van der Waals surface area contributed by atoms with Crippen LogP contribution in [0.2, 0.25) is 0 Å². The summed E-state index contributed by atoms with van der Waals surface area (Å²) in [5.41, 5.74) is 0.449. The summed E-state index contributed by atoms with van der Waals surface area (Å²) in [4.78, 5) is 31.0. The van der Waals surface area contributed by atoms with Gasteiger partial charge in [-0.2, -0.15) is 0 Å². The van der Waals surface area contributed by atoms with Crippen molar-refractivity contribution in [2.24, 2.45) is 0 Å². The third kappa shape index (κ3) is 5.13. The zero-order valence-electron chi connectivity index (χ0n) is 12.9. The second kappa shape index (κ2) is 6.86. The molecule has 0 saturated carbocycles. The molecule has 2 aromatic rings. The minimum Gasteiger partial charge on any atom is -0.480 e. The number of pyridine rings is 1. The second-order valence-corrected chi connectivity index (χ2v) is 6.64. The first-order valence-electron chi connectivity index (χ1n) is 6.80. The Labute approximate surface area is 136 Å². The Morgan fingerprint density at radius 1 is 1.48 bits per heavy atom. The van der Waals surface area contributed by atoms with Crippen LogP contribution >= 0.6 is 11.8 Å². The number of carboxylic acids is 1. The van der Waals surface area contributed by atoms with Gasteiger partial charge >= 0.3 is 12.1 Å². The molecule has 0 fully saturated rings. The van der Waals surface area contributed by atoms with Gasteiger partial charge in [-0.05, 0) is 26.8 Å². The molecule has 0 radical (unpaired) electrons. The Kier molecular flexibility index (Phi) is 5.09. The van der Waals surface area contributed by atoms with Gasteiger partial charge in [-0.3, -0.25) is 4.98 Å². The van der Waals surface area contributed by atoms with Crippen LogP contribution in [0.1, 0.15) is 20.8 Å². The van der Waals surface area contributed by atoms with Crippen LogP contribution in [0.3, 0.4) is 0 Å². The summed E-state index contributed by atoms with van der Waals surface area (Å²) in [6, 6.07) is 0.569. The summed E-state index contributed by atoms with van der Waals surface area (Å²) >= 11 is 1.09. The molecule has 0 bridgehead atoms. The number of alkyl carbamates (subject to hydrolysis) is 1. The van der Waals surface area contributed by atoms with Crippen LogP contribution in [-0.2, 0) is 9.53 Å². The normalized spacial score (nSPS) is 12.8. The maximum Gasteiger partial charge on any atom is 0.408 e. The van der Waals surface area contributed by atoms with Gasteiger partial charge in [-0.15, -0.1) is 0 Å². The number of fused-ring (bicyclic) bond motifs is 1. The minimum atomic E-state index is -1.17. The number of rotatable bonds is 5. The maximum absolute atomic E-state index is 11.7. The molecule has 0 spiro atoms. The number of hydrogen-bond acceptors (Lipinski definition) is 7. The fourth-order valence-electron chi connectivity index (χ4n) is 1.60. The predicted octanol–water partition coefficient (Wildman–Crippen LogP) is 2.29. The van der Waals surface area contributed by atoms with Gasteiger partial charge in [0, 0.05) is 11.9 Å². The molecule has 0 aliphatic rings. The Bertz CT molecular complexity index is 677. The lowest BCUT2D eigenvalue weighted by Crippen LogP contribution is -2.44. The lowest BCUT2D eigenvalue weighted by atomic mass is 10.2. The van der Waals surface area contributed by atoms with Gasteiger partial charge < -0.3 is 19.6 Å². The smallest absolute Gasteiger partial charge is 0.408 e. The molecule has 0 aromatic carbocycles. The van der Waals surface area contributed by atoms with Crippen LogP contribution in [0, 0.1) is 0 Å². The minimum absolute atomic E-state index is 0.0504. The van der Waals surface area contributed by atoms with E-state index >= 15 is 0 Å². The van der Waals surface area contributed by atoms with Gasteiger partial charge in [0.15, 0.2) is 5.58 Å². The van der Waals surface area contributed by atoms with Gasteiger partial charge in [0.05, 0.1) is 6.20 Å². The molecule has 0 aliphatic heterocycles. The highest BCUT2D eigenvalue weighted by atomic mass is 32.2. The summed E-state index contributed by atoms with van der Waals surface area (Å²) in [5.74, 6) is -1.12. The second-order valence-electron chi connectivity index (χ2n) is 5.67. The average Bonchev–Trinajstić information content (AvgIpc) is 2.83. The summed E-state index contributed by atoms with van der Waals surface area (Å²) in [6.45, 7) is 5.09. The third-order valence-electron chi connectivity index (χ3n) is 2.53. The van der Waals surface area contributed by atoms with E-state index in [1.165, 1.54) is 6.20 Å². The topological polar surface area (TPSA) is 115 Å². The van der Waals surface area contributed by atoms with Crippen molar-refractivity contribution in [3.8, 4) is 0 Å². The van der Waals surface area contributed by atoms with Crippen LogP contribution in [-0.4, -0.2) is 44.5 Å². The van der Waals surface area contributed by atoms with Crippen molar-refractivity contribution in [1.82, 2.24) is 15.3 Å². The number of aliphatic carboxylic acids is 1. The molecular formula is C14H17N3O5S. The maximum atomic E-state index is 11.7.